The van der Waals surface area contributed by atoms with Gasteiger partial charge in [-0.1, -0.05) is 13.3 Å². The fraction of sp³-hybridized carbons (Fsp3) is 0.308. The Bertz CT molecular complexity index is 528. The number of nitrogens with one attached hydrogen (secondary N) is 1. The second-order valence-electron chi connectivity index (χ2n) is 3.77. The first-order chi connectivity index (χ1) is 8.62. The SMILES string of the molecule is CCCC(C#N)C(=O)Nc1ccc(F)c(C#N)c1. The quantitative estimate of drug-likeness (QED) is 0.885. The van der Waals surface area contributed by atoms with E-state index in [0.29, 0.717) is 12.1 Å². The summed E-state index contributed by atoms with van der Waals surface area (Å²) in [7, 11) is 0. The first-order valence-electron chi connectivity index (χ1n) is 5.52. The molecular weight excluding hydrogens is 233 g/mol. The van der Waals surface area contributed by atoms with Gasteiger partial charge in [0.15, 0.2) is 0 Å². The van der Waals surface area contributed by atoms with Gasteiger partial charge in [0, 0.05) is 5.69 Å². The summed E-state index contributed by atoms with van der Waals surface area (Å²) >= 11 is 0. The van der Waals surface area contributed by atoms with E-state index in [1.165, 1.54) is 12.1 Å². The first-order valence-corrected chi connectivity index (χ1v) is 5.52. The minimum absolute atomic E-state index is 0.142. The zero-order valence-corrected chi connectivity index (χ0v) is 9.90. The van der Waals surface area contributed by atoms with Crippen LogP contribution in [0.15, 0.2) is 18.2 Å². The number of hydrogen-bond donors (Lipinski definition) is 1. The highest BCUT2D eigenvalue weighted by Gasteiger charge is 2.17. The molecule has 0 spiro atoms. The molecular formula is C13H12FN3O. The standard InChI is InChI=1S/C13H12FN3O/c1-2-3-9(7-15)13(18)17-11-4-5-12(14)10(6-11)8-16/h4-6,9H,2-3H2,1H3,(H,17,18). The third-order valence-corrected chi connectivity index (χ3v) is 2.40. The molecule has 0 fully saturated rings. The molecule has 0 aliphatic rings. The van der Waals surface area contributed by atoms with Crippen molar-refractivity contribution < 1.29 is 9.18 Å². The van der Waals surface area contributed by atoms with Crippen molar-refractivity contribution in [2.45, 2.75) is 19.8 Å². The number of benzene rings is 1. The van der Waals surface area contributed by atoms with Crippen molar-refractivity contribution in [3.63, 3.8) is 0 Å². The van der Waals surface area contributed by atoms with Gasteiger partial charge in [0.2, 0.25) is 5.91 Å². The Labute approximate surface area is 105 Å². The van der Waals surface area contributed by atoms with Gasteiger partial charge in [0.25, 0.3) is 0 Å². The van der Waals surface area contributed by atoms with Crippen molar-refractivity contribution >= 4 is 11.6 Å². The monoisotopic (exact) mass is 245 g/mol. The molecule has 0 radical (unpaired) electrons. The lowest BCUT2D eigenvalue weighted by Crippen LogP contribution is -2.21. The molecule has 0 heterocycles. The largest absolute Gasteiger partial charge is 0.325 e. The summed E-state index contributed by atoms with van der Waals surface area (Å²) in [5, 5.41) is 20.0. The van der Waals surface area contributed by atoms with Crippen molar-refractivity contribution in [1.29, 1.82) is 10.5 Å². The predicted octanol–water partition coefficient (Wildman–Crippen LogP) is 2.58. The molecule has 1 amide bonds. The van der Waals surface area contributed by atoms with Crippen LogP contribution in [0.5, 0.6) is 0 Å². The van der Waals surface area contributed by atoms with Crippen LogP contribution < -0.4 is 5.32 Å². The van der Waals surface area contributed by atoms with Crippen molar-refractivity contribution in [3.8, 4) is 12.1 Å². The van der Waals surface area contributed by atoms with Crippen LogP contribution in [0, 0.1) is 34.4 Å². The van der Waals surface area contributed by atoms with Gasteiger partial charge < -0.3 is 5.32 Å². The molecule has 0 bridgehead atoms. The minimum Gasteiger partial charge on any atom is -0.325 e. The van der Waals surface area contributed by atoms with E-state index in [9.17, 15) is 9.18 Å². The highest BCUT2D eigenvalue weighted by Crippen LogP contribution is 2.16. The number of hydrogen-bond acceptors (Lipinski definition) is 3. The number of nitrogens with zero attached hydrogens (tertiary/aromatic N) is 2. The van der Waals surface area contributed by atoms with Crippen LogP contribution in [0.25, 0.3) is 0 Å². The second-order valence-corrected chi connectivity index (χ2v) is 3.77. The maximum Gasteiger partial charge on any atom is 0.241 e. The van der Waals surface area contributed by atoms with Crippen LogP contribution in [0.2, 0.25) is 0 Å². The van der Waals surface area contributed by atoms with E-state index in [-0.39, 0.29) is 5.56 Å². The van der Waals surface area contributed by atoms with Gasteiger partial charge in [-0.3, -0.25) is 4.79 Å². The van der Waals surface area contributed by atoms with Gasteiger partial charge in [-0.05, 0) is 24.6 Å². The Hall–Kier alpha value is -2.40. The highest BCUT2D eigenvalue weighted by atomic mass is 19.1. The number of halogens is 1. The van der Waals surface area contributed by atoms with E-state index in [1.807, 2.05) is 13.0 Å². The maximum atomic E-state index is 13.1. The zero-order valence-electron chi connectivity index (χ0n) is 9.90. The average Bonchev–Trinajstić information content (AvgIpc) is 2.38. The van der Waals surface area contributed by atoms with Gasteiger partial charge in [-0.25, -0.2) is 4.39 Å². The number of carbonyl (C=O) groups excluding carboxylic acids is 1. The number of carbonyl (C=O) groups is 1. The maximum absolute atomic E-state index is 13.1. The minimum atomic E-state index is -0.731. The van der Waals surface area contributed by atoms with Gasteiger partial charge in [-0.2, -0.15) is 10.5 Å². The lowest BCUT2D eigenvalue weighted by atomic mass is 10.0. The summed E-state index contributed by atoms with van der Waals surface area (Å²) in [6.45, 7) is 1.88. The topological polar surface area (TPSA) is 76.7 Å². The lowest BCUT2D eigenvalue weighted by Gasteiger charge is -2.09. The molecule has 1 aromatic rings. The Morgan fingerprint density at radius 1 is 1.50 bits per heavy atom. The van der Waals surface area contributed by atoms with E-state index in [0.717, 1.165) is 12.5 Å². The molecule has 1 unspecified atom stereocenters. The molecule has 5 heteroatoms. The molecule has 1 atom stereocenters. The van der Waals surface area contributed by atoms with E-state index in [4.69, 9.17) is 10.5 Å². The number of anilines is 1. The molecule has 4 nitrogen and oxygen atoms in total. The molecule has 0 aliphatic heterocycles. The van der Waals surface area contributed by atoms with E-state index < -0.39 is 17.6 Å². The molecule has 0 aliphatic carbocycles. The van der Waals surface area contributed by atoms with Gasteiger partial charge in [0.05, 0.1) is 11.6 Å². The van der Waals surface area contributed by atoms with Crippen LogP contribution in [-0.4, -0.2) is 5.91 Å². The van der Waals surface area contributed by atoms with Crippen LogP contribution >= 0.6 is 0 Å². The smallest absolute Gasteiger partial charge is 0.241 e. The van der Waals surface area contributed by atoms with Crippen LogP contribution in [0.3, 0.4) is 0 Å². The normalized spacial score (nSPS) is 11.1. The molecule has 1 aromatic carbocycles. The third-order valence-electron chi connectivity index (χ3n) is 2.40. The summed E-state index contributed by atoms with van der Waals surface area (Å²) in [5.41, 5.74) is 0.172. The molecule has 18 heavy (non-hydrogen) atoms. The Kier molecular flexibility index (Phi) is 4.83. The van der Waals surface area contributed by atoms with E-state index >= 15 is 0 Å². The summed E-state index contributed by atoms with van der Waals surface area (Å²) in [5.74, 6) is -1.80. The predicted molar refractivity (Wildman–Crippen MR) is 63.8 cm³/mol. The molecule has 0 saturated carbocycles. The number of nitriles is 2. The fourth-order valence-electron chi connectivity index (χ4n) is 1.46. The molecule has 1 N–H and O–H groups in total. The number of amides is 1. The average molecular weight is 245 g/mol. The molecule has 92 valence electrons. The van der Waals surface area contributed by atoms with Crippen LogP contribution in [0.4, 0.5) is 10.1 Å². The molecule has 0 saturated heterocycles. The fourth-order valence-corrected chi connectivity index (χ4v) is 1.46. The van der Waals surface area contributed by atoms with Crippen molar-refractivity contribution in [3.05, 3.63) is 29.6 Å². The Balaban J connectivity index is 2.83. The van der Waals surface area contributed by atoms with Crippen LogP contribution in [0.1, 0.15) is 25.3 Å². The summed E-state index contributed by atoms with van der Waals surface area (Å²) < 4.78 is 13.1. The van der Waals surface area contributed by atoms with E-state index in [1.54, 1.807) is 6.07 Å². The van der Waals surface area contributed by atoms with Gasteiger partial charge in [-0.15, -0.1) is 0 Å². The molecule has 1 rings (SSSR count). The van der Waals surface area contributed by atoms with Crippen molar-refractivity contribution in [2.75, 3.05) is 5.32 Å². The van der Waals surface area contributed by atoms with Crippen molar-refractivity contribution in [2.24, 2.45) is 5.92 Å². The summed E-state index contributed by atoms with van der Waals surface area (Å²) in [6, 6.07) is 7.30. The molecule has 0 aromatic heterocycles. The van der Waals surface area contributed by atoms with Crippen molar-refractivity contribution in [1.82, 2.24) is 0 Å². The second kappa shape index (κ2) is 6.36. The first kappa shape index (κ1) is 13.7. The third kappa shape index (κ3) is 3.29. The lowest BCUT2D eigenvalue weighted by molar-refractivity contribution is -0.118. The Morgan fingerprint density at radius 3 is 2.78 bits per heavy atom. The van der Waals surface area contributed by atoms with E-state index in [2.05, 4.69) is 5.32 Å². The zero-order chi connectivity index (χ0) is 13.5. The highest BCUT2D eigenvalue weighted by molar-refractivity contribution is 5.94. The van der Waals surface area contributed by atoms with Crippen LogP contribution in [-0.2, 0) is 4.79 Å². The number of rotatable bonds is 4. The van der Waals surface area contributed by atoms with Gasteiger partial charge in [0.1, 0.15) is 17.8 Å². The summed E-state index contributed by atoms with van der Waals surface area (Å²) in [4.78, 5) is 11.7. The summed E-state index contributed by atoms with van der Waals surface area (Å²) in [6.07, 6.45) is 1.19. The van der Waals surface area contributed by atoms with Gasteiger partial charge >= 0.3 is 0 Å². The Morgan fingerprint density at radius 2 is 2.22 bits per heavy atom.